The largest absolute Gasteiger partial charge is 0.345 e. The summed E-state index contributed by atoms with van der Waals surface area (Å²) in [5.41, 5.74) is 1.28. The summed E-state index contributed by atoms with van der Waals surface area (Å²) in [5, 5.41) is 1.57. The zero-order chi connectivity index (χ0) is 11.7. The number of benzene rings is 1. The maximum Gasteiger partial charge on any atom is 0.345 e. The summed E-state index contributed by atoms with van der Waals surface area (Å²) in [4.78, 5) is 18.1. The van der Waals surface area contributed by atoms with Gasteiger partial charge in [0.05, 0.1) is 5.52 Å². The van der Waals surface area contributed by atoms with Crippen molar-refractivity contribution in [3.05, 3.63) is 39.4 Å². The molecule has 1 aromatic heterocycles. The molecule has 0 spiro atoms. The molecule has 84 valence electrons. The van der Waals surface area contributed by atoms with E-state index in [2.05, 4.69) is 23.8 Å². The number of hydrogen-bond acceptors (Lipinski definition) is 2. The van der Waals surface area contributed by atoms with Crippen molar-refractivity contribution < 1.29 is 0 Å². The molecule has 0 aliphatic carbocycles. The minimum Gasteiger partial charge on any atom is -0.309 e. The summed E-state index contributed by atoms with van der Waals surface area (Å²) in [5.74, 6) is 0.483. The number of fused-ring (bicyclic) bond motifs is 1. The smallest absolute Gasteiger partial charge is 0.309 e. The highest BCUT2D eigenvalue weighted by Gasteiger charge is 2.06. The predicted octanol–water partition coefficient (Wildman–Crippen LogP) is 2.78. The normalized spacial score (nSPS) is 11.2. The molecule has 0 unspecified atom stereocenters. The number of halogens is 1. The van der Waals surface area contributed by atoms with Crippen LogP contribution in [-0.2, 0) is 6.42 Å². The Hall–Kier alpha value is -1.35. The van der Waals surface area contributed by atoms with Crippen LogP contribution in [0.1, 0.15) is 19.5 Å². The molecule has 4 heteroatoms. The number of H-pyrrole nitrogens is 1. The minimum absolute atomic E-state index is 0.314. The van der Waals surface area contributed by atoms with Gasteiger partial charge in [0.2, 0.25) is 0 Å². The van der Waals surface area contributed by atoms with Crippen LogP contribution in [0.25, 0.3) is 10.9 Å². The van der Waals surface area contributed by atoms with Crippen molar-refractivity contribution in [2.75, 3.05) is 0 Å². The Morgan fingerprint density at radius 3 is 2.88 bits per heavy atom. The summed E-state index contributed by atoms with van der Waals surface area (Å²) in [6, 6.07) is 5.43. The van der Waals surface area contributed by atoms with Gasteiger partial charge in [-0.25, -0.2) is 4.79 Å². The number of aromatic amines is 1. The van der Waals surface area contributed by atoms with Gasteiger partial charge in [-0.2, -0.15) is 4.98 Å². The van der Waals surface area contributed by atoms with Gasteiger partial charge in [0, 0.05) is 16.1 Å². The molecule has 0 bridgehead atoms. The zero-order valence-electron chi connectivity index (χ0n) is 9.25. The number of aromatic nitrogens is 2. The number of rotatable bonds is 2. The first kappa shape index (κ1) is 11.1. The molecule has 16 heavy (non-hydrogen) atoms. The van der Waals surface area contributed by atoms with Crippen LogP contribution in [0.5, 0.6) is 0 Å². The Morgan fingerprint density at radius 2 is 2.19 bits per heavy atom. The molecule has 1 heterocycles. The predicted molar refractivity (Wildman–Crippen MR) is 65.9 cm³/mol. The van der Waals surface area contributed by atoms with E-state index in [0.29, 0.717) is 16.5 Å². The van der Waals surface area contributed by atoms with Crippen LogP contribution >= 0.6 is 11.6 Å². The average molecular weight is 237 g/mol. The van der Waals surface area contributed by atoms with Crippen molar-refractivity contribution in [2.24, 2.45) is 5.92 Å². The molecular formula is C12H13ClN2O. The topological polar surface area (TPSA) is 45.8 Å². The van der Waals surface area contributed by atoms with Crippen molar-refractivity contribution in [2.45, 2.75) is 20.3 Å². The third-order valence-corrected chi connectivity index (χ3v) is 2.61. The molecular weight excluding hydrogens is 224 g/mol. The van der Waals surface area contributed by atoms with Gasteiger partial charge in [0.1, 0.15) is 0 Å². The van der Waals surface area contributed by atoms with E-state index in [1.807, 2.05) is 12.1 Å². The van der Waals surface area contributed by atoms with Crippen LogP contribution < -0.4 is 5.69 Å². The fraction of sp³-hybridized carbons (Fsp3) is 0.333. The van der Waals surface area contributed by atoms with E-state index in [-0.39, 0.29) is 5.69 Å². The molecule has 0 fully saturated rings. The zero-order valence-corrected chi connectivity index (χ0v) is 10.0. The summed E-state index contributed by atoms with van der Waals surface area (Å²) < 4.78 is 0. The molecule has 0 radical (unpaired) electrons. The van der Waals surface area contributed by atoms with Gasteiger partial charge < -0.3 is 4.98 Å². The highest BCUT2D eigenvalue weighted by atomic mass is 35.5. The Bertz CT molecular complexity index is 575. The first-order valence-corrected chi connectivity index (χ1v) is 5.62. The lowest BCUT2D eigenvalue weighted by Gasteiger charge is -2.08. The quantitative estimate of drug-likeness (QED) is 0.872. The van der Waals surface area contributed by atoms with Crippen molar-refractivity contribution >= 4 is 22.5 Å². The molecule has 0 saturated heterocycles. The number of nitrogens with zero attached hydrogens (tertiary/aromatic N) is 1. The van der Waals surface area contributed by atoms with Crippen molar-refractivity contribution in [1.82, 2.24) is 9.97 Å². The van der Waals surface area contributed by atoms with E-state index in [4.69, 9.17) is 11.6 Å². The van der Waals surface area contributed by atoms with E-state index in [0.717, 1.165) is 17.5 Å². The lowest BCUT2D eigenvalue weighted by molar-refractivity contribution is 0.636. The molecule has 1 aromatic carbocycles. The van der Waals surface area contributed by atoms with Gasteiger partial charge in [0.25, 0.3) is 0 Å². The number of hydrogen-bond donors (Lipinski definition) is 1. The molecule has 0 atom stereocenters. The molecule has 2 rings (SSSR count). The van der Waals surface area contributed by atoms with E-state index >= 15 is 0 Å². The van der Waals surface area contributed by atoms with Gasteiger partial charge >= 0.3 is 5.69 Å². The lowest BCUT2D eigenvalue weighted by atomic mass is 10.0. The Kier molecular flexibility index (Phi) is 2.97. The van der Waals surface area contributed by atoms with Crippen molar-refractivity contribution in [3.8, 4) is 0 Å². The molecule has 1 N–H and O–H groups in total. The summed E-state index contributed by atoms with van der Waals surface area (Å²) in [6.45, 7) is 4.22. The lowest BCUT2D eigenvalue weighted by Crippen LogP contribution is -2.14. The molecule has 2 aromatic rings. The maximum atomic E-state index is 11.4. The second-order valence-corrected chi connectivity index (χ2v) is 4.72. The summed E-state index contributed by atoms with van der Waals surface area (Å²) in [7, 11) is 0. The molecule has 3 nitrogen and oxygen atoms in total. The van der Waals surface area contributed by atoms with E-state index in [9.17, 15) is 4.79 Å². The van der Waals surface area contributed by atoms with Gasteiger partial charge in [-0.15, -0.1) is 0 Å². The monoisotopic (exact) mass is 236 g/mol. The van der Waals surface area contributed by atoms with E-state index < -0.39 is 0 Å². The van der Waals surface area contributed by atoms with Crippen LogP contribution in [0.2, 0.25) is 5.02 Å². The van der Waals surface area contributed by atoms with Crippen LogP contribution in [0, 0.1) is 5.92 Å². The first-order chi connectivity index (χ1) is 7.56. The van der Waals surface area contributed by atoms with Gasteiger partial charge in [-0.1, -0.05) is 25.4 Å². The molecule has 0 aliphatic rings. The fourth-order valence-electron chi connectivity index (χ4n) is 1.76. The first-order valence-electron chi connectivity index (χ1n) is 5.24. The van der Waals surface area contributed by atoms with E-state index in [1.54, 1.807) is 6.07 Å². The highest BCUT2D eigenvalue weighted by molar-refractivity contribution is 6.31. The fourth-order valence-corrected chi connectivity index (χ4v) is 1.92. The third-order valence-electron chi connectivity index (χ3n) is 2.38. The third kappa shape index (κ3) is 2.25. The van der Waals surface area contributed by atoms with Gasteiger partial charge in [0.15, 0.2) is 0 Å². The summed E-state index contributed by atoms with van der Waals surface area (Å²) >= 11 is 5.88. The van der Waals surface area contributed by atoms with Crippen molar-refractivity contribution in [3.63, 3.8) is 0 Å². The Labute approximate surface area is 98.5 Å². The second kappa shape index (κ2) is 4.26. The van der Waals surface area contributed by atoms with Crippen LogP contribution in [0.4, 0.5) is 0 Å². The van der Waals surface area contributed by atoms with Crippen LogP contribution in [0.3, 0.4) is 0 Å². The number of nitrogens with one attached hydrogen (secondary N) is 1. The SMILES string of the molecule is CC(C)Cc1[nH]c(=O)nc2cc(Cl)ccc12. The Morgan fingerprint density at radius 1 is 1.44 bits per heavy atom. The summed E-state index contributed by atoms with van der Waals surface area (Å²) in [6.07, 6.45) is 0.829. The Balaban J connectivity index is 2.68. The average Bonchev–Trinajstić information content (AvgIpc) is 2.15. The standard InChI is InChI=1S/C12H13ClN2O/c1-7(2)5-10-9-4-3-8(13)6-11(9)15-12(16)14-10/h3-4,6-7H,5H2,1-2H3,(H,14,15,16). The van der Waals surface area contributed by atoms with Crippen LogP contribution in [0.15, 0.2) is 23.0 Å². The van der Waals surface area contributed by atoms with Gasteiger partial charge in [-0.05, 0) is 30.5 Å². The molecule has 0 amide bonds. The highest BCUT2D eigenvalue weighted by Crippen LogP contribution is 2.20. The van der Waals surface area contributed by atoms with Crippen molar-refractivity contribution in [1.29, 1.82) is 0 Å². The van der Waals surface area contributed by atoms with Gasteiger partial charge in [-0.3, -0.25) is 0 Å². The minimum atomic E-state index is -0.314. The van der Waals surface area contributed by atoms with E-state index in [1.165, 1.54) is 0 Å². The maximum absolute atomic E-state index is 11.4. The molecule has 0 aliphatic heterocycles. The second-order valence-electron chi connectivity index (χ2n) is 4.28. The molecule has 0 saturated carbocycles. The van der Waals surface area contributed by atoms with Crippen LogP contribution in [-0.4, -0.2) is 9.97 Å².